The summed E-state index contributed by atoms with van der Waals surface area (Å²) in [6.07, 6.45) is -17.7. The Labute approximate surface area is 407 Å². The topological polar surface area (TPSA) is 342 Å². The normalized spacial score (nSPS) is 53.6. The molecule has 0 radical (unpaired) electrons. The van der Waals surface area contributed by atoms with Gasteiger partial charge in [-0.1, -0.05) is 39.3 Å². The lowest BCUT2D eigenvalue weighted by Crippen LogP contribution is -2.67. The van der Waals surface area contributed by atoms with Gasteiger partial charge in [0, 0.05) is 5.41 Å². The molecule has 5 aliphatic carbocycles. The van der Waals surface area contributed by atoms with E-state index in [-0.39, 0.29) is 48.1 Å². The molecule has 7 fully saturated rings. The lowest BCUT2D eigenvalue weighted by molar-refractivity contribution is -0.369. The molecule has 8 aliphatic rings. The summed E-state index contributed by atoms with van der Waals surface area (Å²) in [7, 11) is 1.35. The van der Waals surface area contributed by atoms with E-state index in [9.17, 15) is 70.9 Å². The van der Waals surface area contributed by atoms with Crippen LogP contribution in [0.15, 0.2) is 11.6 Å². The molecule has 0 aromatic carbocycles. The minimum atomic E-state index is -1.82. The molecule has 25 atom stereocenters. The zero-order chi connectivity index (χ0) is 51.3. The number of aliphatic hydroxyl groups excluding tert-OH is 12. The molecule has 3 saturated heterocycles. The zero-order valence-electron chi connectivity index (χ0n) is 41.0. The van der Waals surface area contributed by atoms with Crippen molar-refractivity contribution in [1.82, 2.24) is 0 Å². The Bertz CT molecular complexity index is 1940. The molecule has 4 saturated carbocycles. The Hall–Kier alpha value is -2.00. The van der Waals surface area contributed by atoms with Gasteiger partial charge in [-0.25, -0.2) is 0 Å². The molecule has 400 valence electrons. The number of carbonyl (C=O) groups is 2. The highest BCUT2D eigenvalue weighted by Gasteiger charge is 2.71. The maximum atomic E-state index is 14.8. The molecule has 8 rings (SSSR count). The van der Waals surface area contributed by atoms with Crippen molar-refractivity contribution >= 4 is 11.9 Å². The molecular formula is C49H78O21. The van der Waals surface area contributed by atoms with Crippen LogP contribution in [0.5, 0.6) is 0 Å². The van der Waals surface area contributed by atoms with E-state index in [1.807, 2.05) is 13.8 Å². The van der Waals surface area contributed by atoms with Gasteiger partial charge < -0.3 is 94.4 Å². The number of methoxy groups -OCH3 is 1. The first kappa shape index (κ1) is 54.3. The average molecular weight is 1000 g/mol. The first-order valence-electron chi connectivity index (χ1n) is 25.1. The standard InChI is InChI=1S/C49H78O21/c1-44(42(62)64-6)13-15-49(43(63)70-41-36(60)33(57)31(55)25(19-51)66-41)16-14-47(4)22(23(49)17-44)7-8-28-45(2)11-10-29(46(3,21-53)27(45)9-12-48(28,47)5)68-39-37(61)34(58)38(26(20-52)67-39)69-40-35(59)32(56)30(54)24(18-50)65-40/h7,23-41,50-61H,8-21H2,1-6H3. The molecule has 3 heterocycles. The van der Waals surface area contributed by atoms with Crippen LogP contribution in [-0.2, 0) is 42.7 Å². The summed E-state index contributed by atoms with van der Waals surface area (Å²) in [5.41, 5.74) is -3.13. The smallest absolute Gasteiger partial charge is 0.315 e. The van der Waals surface area contributed by atoms with E-state index >= 15 is 0 Å². The maximum Gasteiger partial charge on any atom is 0.315 e. The molecule has 21 heteroatoms. The van der Waals surface area contributed by atoms with Gasteiger partial charge in [0.05, 0.1) is 50.5 Å². The largest absolute Gasteiger partial charge is 0.469 e. The van der Waals surface area contributed by atoms with Crippen LogP contribution in [-0.4, -0.2) is 205 Å². The number of hydrogen-bond acceptors (Lipinski definition) is 21. The predicted molar refractivity (Wildman–Crippen MR) is 238 cm³/mol. The van der Waals surface area contributed by atoms with E-state index in [1.54, 1.807) is 0 Å². The second-order valence-electron chi connectivity index (χ2n) is 23.2. The highest BCUT2D eigenvalue weighted by atomic mass is 16.7. The van der Waals surface area contributed by atoms with Crippen LogP contribution in [0.25, 0.3) is 0 Å². The van der Waals surface area contributed by atoms with Gasteiger partial charge in [0.25, 0.3) is 0 Å². The summed E-state index contributed by atoms with van der Waals surface area (Å²) in [5, 5.41) is 127. The van der Waals surface area contributed by atoms with E-state index in [0.717, 1.165) is 12.0 Å². The Morgan fingerprint density at radius 2 is 1.17 bits per heavy atom. The second-order valence-corrected chi connectivity index (χ2v) is 23.2. The Morgan fingerprint density at radius 1 is 0.614 bits per heavy atom. The molecule has 0 spiro atoms. The summed E-state index contributed by atoms with van der Waals surface area (Å²) in [6.45, 7) is 8.22. The van der Waals surface area contributed by atoms with Gasteiger partial charge in [-0.15, -0.1) is 0 Å². The van der Waals surface area contributed by atoms with E-state index in [4.69, 9.17) is 33.2 Å². The molecule has 21 nitrogen and oxygen atoms in total. The van der Waals surface area contributed by atoms with E-state index in [1.165, 1.54) is 7.11 Å². The number of fused-ring (bicyclic) bond motifs is 7. The molecule has 0 amide bonds. The molecule has 3 aliphatic heterocycles. The minimum Gasteiger partial charge on any atom is -0.469 e. The third-order valence-corrected chi connectivity index (χ3v) is 19.9. The highest BCUT2D eigenvalue weighted by Crippen LogP contribution is 2.76. The first-order chi connectivity index (χ1) is 32.9. The third kappa shape index (κ3) is 8.24. The van der Waals surface area contributed by atoms with Crippen molar-refractivity contribution in [3.8, 4) is 0 Å². The van der Waals surface area contributed by atoms with Gasteiger partial charge >= 0.3 is 11.9 Å². The molecule has 0 bridgehead atoms. The molecular weight excluding hydrogens is 925 g/mol. The number of carbonyl (C=O) groups excluding carboxylic acids is 2. The second kappa shape index (κ2) is 19.6. The van der Waals surface area contributed by atoms with Crippen molar-refractivity contribution in [1.29, 1.82) is 0 Å². The number of ether oxygens (including phenoxy) is 7. The van der Waals surface area contributed by atoms with Crippen LogP contribution >= 0.6 is 0 Å². The van der Waals surface area contributed by atoms with Crippen molar-refractivity contribution in [3.63, 3.8) is 0 Å². The van der Waals surface area contributed by atoms with Gasteiger partial charge in [-0.05, 0) is 105 Å². The van der Waals surface area contributed by atoms with Crippen LogP contribution in [0.3, 0.4) is 0 Å². The van der Waals surface area contributed by atoms with Crippen LogP contribution < -0.4 is 0 Å². The lowest BCUT2D eigenvalue weighted by Gasteiger charge is -2.71. The van der Waals surface area contributed by atoms with Crippen molar-refractivity contribution in [2.45, 2.75) is 197 Å². The predicted octanol–water partition coefficient (Wildman–Crippen LogP) is -1.73. The molecule has 12 N–H and O–H groups in total. The van der Waals surface area contributed by atoms with Crippen LogP contribution in [0.2, 0.25) is 0 Å². The first-order valence-corrected chi connectivity index (χ1v) is 25.1. The van der Waals surface area contributed by atoms with Crippen molar-refractivity contribution in [2.24, 2.45) is 50.2 Å². The van der Waals surface area contributed by atoms with Gasteiger partial charge in [-0.2, -0.15) is 0 Å². The van der Waals surface area contributed by atoms with Gasteiger partial charge in [0.1, 0.15) is 73.2 Å². The SMILES string of the molecule is COC(=O)C1(C)CCC2(C(=O)OC3OC(CO)C(O)C(O)C3O)CCC3(C)C(=CCC4C5(C)CCC(OC6OC(CO)C(OC7OC(CO)C(O)C(O)C7O)C(O)C6O)C(C)(CO)C5CCC43C)C2C1. The summed E-state index contributed by atoms with van der Waals surface area (Å²) in [5.74, 6) is -1.58. The summed E-state index contributed by atoms with van der Waals surface area (Å²) in [6, 6.07) is 0. The Morgan fingerprint density at radius 3 is 1.77 bits per heavy atom. The minimum absolute atomic E-state index is 0.0703. The van der Waals surface area contributed by atoms with Crippen molar-refractivity contribution in [2.75, 3.05) is 33.5 Å². The van der Waals surface area contributed by atoms with Gasteiger partial charge in [0.15, 0.2) is 12.6 Å². The third-order valence-electron chi connectivity index (χ3n) is 19.9. The monoisotopic (exact) mass is 1000 g/mol. The molecule has 0 aromatic heterocycles. The van der Waals surface area contributed by atoms with Crippen molar-refractivity contribution in [3.05, 3.63) is 11.6 Å². The van der Waals surface area contributed by atoms with Gasteiger partial charge in [-0.3, -0.25) is 9.59 Å². The van der Waals surface area contributed by atoms with E-state index in [0.29, 0.717) is 44.9 Å². The molecule has 0 aromatic rings. The average Bonchev–Trinajstić information content (AvgIpc) is 3.34. The van der Waals surface area contributed by atoms with E-state index < -0.39 is 152 Å². The number of hydrogen-bond donors (Lipinski definition) is 12. The Kier molecular flexibility index (Phi) is 15.2. The highest BCUT2D eigenvalue weighted by molar-refractivity contribution is 5.81. The fraction of sp³-hybridized carbons (Fsp3) is 0.918. The fourth-order valence-corrected chi connectivity index (χ4v) is 15.3. The quantitative estimate of drug-likeness (QED) is 0.0621. The van der Waals surface area contributed by atoms with Gasteiger partial charge in [0.2, 0.25) is 6.29 Å². The summed E-state index contributed by atoms with van der Waals surface area (Å²) < 4.78 is 40.7. The Balaban J connectivity index is 1.04. The van der Waals surface area contributed by atoms with Crippen LogP contribution in [0, 0.1) is 50.2 Å². The molecule has 25 unspecified atom stereocenters. The maximum absolute atomic E-state index is 14.8. The number of esters is 2. The zero-order valence-corrected chi connectivity index (χ0v) is 41.0. The van der Waals surface area contributed by atoms with Crippen LogP contribution in [0.4, 0.5) is 0 Å². The molecule has 70 heavy (non-hydrogen) atoms. The van der Waals surface area contributed by atoms with Crippen LogP contribution in [0.1, 0.15) is 98.8 Å². The summed E-state index contributed by atoms with van der Waals surface area (Å²) in [4.78, 5) is 28.3. The fourth-order valence-electron chi connectivity index (χ4n) is 15.3. The number of aliphatic hydroxyl groups is 12. The summed E-state index contributed by atoms with van der Waals surface area (Å²) >= 11 is 0. The van der Waals surface area contributed by atoms with E-state index in [2.05, 4.69) is 26.8 Å². The van der Waals surface area contributed by atoms with Crippen molar-refractivity contribution < 1.29 is 104 Å². The number of allylic oxidation sites excluding steroid dienone is 2. The number of rotatable bonds is 11. The lowest BCUT2D eigenvalue weighted by atomic mass is 9.33.